The van der Waals surface area contributed by atoms with Crippen molar-refractivity contribution in [2.75, 3.05) is 13.2 Å². The molecule has 0 aliphatic carbocycles. The van der Waals surface area contributed by atoms with Crippen molar-refractivity contribution in [3.8, 4) is 0 Å². The lowest BCUT2D eigenvalue weighted by atomic mass is 10.2. The Kier molecular flexibility index (Phi) is 5.89. The number of ether oxygens (including phenoxy) is 1. The highest BCUT2D eigenvalue weighted by molar-refractivity contribution is 7.88. The van der Waals surface area contributed by atoms with Crippen LogP contribution in [0.5, 0.6) is 0 Å². The molecule has 0 saturated carbocycles. The van der Waals surface area contributed by atoms with E-state index in [9.17, 15) is 13.2 Å². The second kappa shape index (κ2) is 7.89. The van der Waals surface area contributed by atoms with Crippen LogP contribution < -0.4 is 4.72 Å². The fraction of sp³-hybridized carbons (Fsp3) is 0.333. The monoisotopic (exact) mass is 337 g/mol. The van der Waals surface area contributed by atoms with Gasteiger partial charge in [-0.15, -0.1) is 0 Å². The minimum atomic E-state index is -3.40. The van der Waals surface area contributed by atoms with Crippen LogP contribution in [0.3, 0.4) is 0 Å². The second-order valence-corrected chi connectivity index (χ2v) is 6.66. The Morgan fingerprint density at radius 3 is 2.74 bits per heavy atom. The molecule has 0 aliphatic rings. The quantitative estimate of drug-likeness (QED) is 0.731. The SMILES string of the molecule is CCOC(=O)c1cn(CCNS(=O)(=O)Cc2ccccc2)cn1. The van der Waals surface area contributed by atoms with Crippen molar-refractivity contribution < 1.29 is 17.9 Å². The Bertz CT molecular complexity index is 741. The van der Waals surface area contributed by atoms with Gasteiger partial charge >= 0.3 is 5.97 Å². The summed E-state index contributed by atoms with van der Waals surface area (Å²) in [5.74, 6) is -0.554. The molecule has 1 N–H and O–H groups in total. The van der Waals surface area contributed by atoms with Crippen molar-refractivity contribution in [1.29, 1.82) is 0 Å². The molecule has 0 amide bonds. The van der Waals surface area contributed by atoms with Gasteiger partial charge in [0, 0.05) is 19.3 Å². The van der Waals surface area contributed by atoms with Crippen molar-refractivity contribution in [2.24, 2.45) is 0 Å². The first-order chi connectivity index (χ1) is 11.0. The fourth-order valence-corrected chi connectivity index (χ4v) is 3.10. The third-order valence-corrected chi connectivity index (χ3v) is 4.37. The Balaban J connectivity index is 1.83. The van der Waals surface area contributed by atoms with E-state index in [-0.39, 0.29) is 24.6 Å². The number of nitrogens with zero attached hydrogens (tertiary/aromatic N) is 2. The predicted molar refractivity (Wildman–Crippen MR) is 85.3 cm³/mol. The number of imidazole rings is 1. The molecule has 2 rings (SSSR count). The minimum absolute atomic E-state index is 0.0636. The molecule has 1 heterocycles. The number of hydrogen-bond acceptors (Lipinski definition) is 5. The molecule has 7 nitrogen and oxygen atoms in total. The van der Waals surface area contributed by atoms with Crippen molar-refractivity contribution >= 4 is 16.0 Å². The van der Waals surface area contributed by atoms with E-state index in [0.717, 1.165) is 5.56 Å². The van der Waals surface area contributed by atoms with Crippen LogP contribution in [0.2, 0.25) is 0 Å². The molecule has 1 aromatic heterocycles. The van der Waals surface area contributed by atoms with Gasteiger partial charge in [0.05, 0.1) is 18.7 Å². The maximum atomic E-state index is 12.0. The molecule has 23 heavy (non-hydrogen) atoms. The maximum Gasteiger partial charge on any atom is 0.358 e. The van der Waals surface area contributed by atoms with Crippen molar-refractivity contribution in [1.82, 2.24) is 14.3 Å². The number of hydrogen-bond donors (Lipinski definition) is 1. The van der Waals surface area contributed by atoms with E-state index >= 15 is 0 Å². The predicted octanol–water partition coefficient (Wildman–Crippen LogP) is 1.18. The van der Waals surface area contributed by atoms with Crippen LogP contribution >= 0.6 is 0 Å². The van der Waals surface area contributed by atoms with E-state index in [4.69, 9.17) is 4.74 Å². The summed E-state index contributed by atoms with van der Waals surface area (Å²) in [6.07, 6.45) is 3.00. The highest BCUT2D eigenvalue weighted by Gasteiger charge is 2.12. The molecule has 0 spiro atoms. The standard InChI is InChI=1S/C15H19N3O4S/c1-2-22-15(19)14-10-18(12-16-14)9-8-17-23(20,21)11-13-6-4-3-5-7-13/h3-7,10,12,17H,2,8-9,11H2,1H3. The van der Waals surface area contributed by atoms with Gasteiger partial charge in [0.25, 0.3) is 0 Å². The fourth-order valence-electron chi connectivity index (χ4n) is 1.97. The smallest absolute Gasteiger partial charge is 0.358 e. The number of carbonyl (C=O) groups excluding carboxylic acids is 1. The normalized spacial score (nSPS) is 11.3. The molecule has 0 radical (unpaired) electrons. The zero-order valence-electron chi connectivity index (χ0n) is 12.8. The molecule has 0 unspecified atom stereocenters. The Morgan fingerprint density at radius 1 is 1.30 bits per heavy atom. The summed E-state index contributed by atoms with van der Waals surface area (Å²) in [4.78, 5) is 15.4. The van der Waals surface area contributed by atoms with Gasteiger partial charge in [0.1, 0.15) is 0 Å². The zero-order valence-corrected chi connectivity index (χ0v) is 13.6. The number of benzene rings is 1. The topological polar surface area (TPSA) is 90.3 Å². The maximum absolute atomic E-state index is 12.0. The number of nitrogens with one attached hydrogen (secondary N) is 1. The summed E-state index contributed by atoms with van der Waals surface area (Å²) in [6.45, 7) is 2.59. The molecule has 0 aliphatic heterocycles. The first-order valence-corrected chi connectivity index (χ1v) is 8.85. The molecular weight excluding hydrogens is 318 g/mol. The van der Waals surface area contributed by atoms with Gasteiger partial charge in [-0.25, -0.2) is 22.9 Å². The number of esters is 1. The van der Waals surface area contributed by atoms with Crippen LogP contribution in [0.15, 0.2) is 42.9 Å². The van der Waals surface area contributed by atoms with Crippen LogP contribution in [-0.4, -0.2) is 37.1 Å². The van der Waals surface area contributed by atoms with E-state index in [1.807, 2.05) is 6.07 Å². The lowest BCUT2D eigenvalue weighted by molar-refractivity contribution is 0.0520. The molecule has 0 atom stereocenters. The molecule has 8 heteroatoms. The summed E-state index contributed by atoms with van der Waals surface area (Å²) in [5.41, 5.74) is 0.936. The van der Waals surface area contributed by atoms with E-state index in [0.29, 0.717) is 6.54 Å². The Morgan fingerprint density at radius 2 is 2.04 bits per heavy atom. The largest absolute Gasteiger partial charge is 0.461 e. The number of rotatable bonds is 8. The van der Waals surface area contributed by atoms with E-state index in [2.05, 4.69) is 9.71 Å². The third kappa shape index (κ3) is 5.50. The Labute approximate surface area is 135 Å². The molecule has 124 valence electrons. The van der Waals surface area contributed by atoms with Gasteiger partial charge in [0.15, 0.2) is 5.69 Å². The lowest BCUT2D eigenvalue weighted by Gasteiger charge is -2.07. The van der Waals surface area contributed by atoms with Crippen molar-refractivity contribution in [3.05, 3.63) is 54.1 Å². The summed E-state index contributed by atoms with van der Waals surface area (Å²) in [6, 6.07) is 8.96. The van der Waals surface area contributed by atoms with Crippen molar-refractivity contribution in [3.63, 3.8) is 0 Å². The second-order valence-electron chi connectivity index (χ2n) is 4.86. The van der Waals surface area contributed by atoms with E-state index in [1.54, 1.807) is 35.8 Å². The average Bonchev–Trinajstić information content (AvgIpc) is 2.97. The molecule has 0 bridgehead atoms. The van der Waals surface area contributed by atoms with E-state index < -0.39 is 16.0 Å². The molecule has 0 saturated heterocycles. The number of sulfonamides is 1. The highest BCUT2D eigenvalue weighted by Crippen LogP contribution is 2.04. The molecule has 0 fully saturated rings. The first-order valence-electron chi connectivity index (χ1n) is 7.20. The Hall–Kier alpha value is -2.19. The van der Waals surface area contributed by atoms with Gasteiger partial charge in [-0.3, -0.25) is 0 Å². The molecular formula is C15H19N3O4S. The minimum Gasteiger partial charge on any atom is -0.461 e. The summed E-state index contributed by atoms with van der Waals surface area (Å²) < 4.78 is 33.0. The number of carbonyl (C=O) groups is 1. The highest BCUT2D eigenvalue weighted by atomic mass is 32.2. The van der Waals surface area contributed by atoms with Gasteiger partial charge in [-0.1, -0.05) is 30.3 Å². The lowest BCUT2D eigenvalue weighted by Crippen LogP contribution is -2.28. The van der Waals surface area contributed by atoms with Gasteiger partial charge in [-0.2, -0.15) is 0 Å². The zero-order chi connectivity index (χ0) is 16.7. The van der Waals surface area contributed by atoms with E-state index in [1.165, 1.54) is 12.5 Å². The van der Waals surface area contributed by atoms with Crippen molar-refractivity contribution in [2.45, 2.75) is 19.2 Å². The van der Waals surface area contributed by atoms with Gasteiger partial charge in [0.2, 0.25) is 10.0 Å². The summed E-state index contributed by atoms with van der Waals surface area (Å²) >= 11 is 0. The van der Waals surface area contributed by atoms with Gasteiger partial charge in [-0.05, 0) is 12.5 Å². The average molecular weight is 337 g/mol. The molecule has 1 aromatic carbocycles. The molecule has 2 aromatic rings. The first kappa shape index (κ1) is 17.2. The van der Waals surface area contributed by atoms with Crippen LogP contribution in [0.4, 0.5) is 0 Å². The van der Waals surface area contributed by atoms with Crippen LogP contribution in [0.25, 0.3) is 0 Å². The number of aromatic nitrogens is 2. The summed E-state index contributed by atoms with van der Waals surface area (Å²) in [7, 11) is -3.40. The van der Waals surface area contributed by atoms with Crippen LogP contribution in [-0.2, 0) is 27.1 Å². The third-order valence-electron chi connectivity index (χ3n) is 3.01. The van der Waals surface area contributed by atoms with Crippen LogP contribution in [0, 0.1) is 0 Å². The summed E-state index contributed by atoms with van der Waals surface area (Å²) in [5, 5.41) is 0. The van der Waals surface area contributed by atoms with Gasteiger partial charge < -0.3 is 9.30 Å². The van der Waals surface area contributed by atoms with Crippen LogP contribution in [0.1, 0.15) is 23.0 Å².